The molecule has 2 heteroatoms. The van der Waals surface area contributed by atoms with Gasteiger partial charge in [0.25, 0.3) is 0 Å². The summed E-state index contributed by atoms with van der Waals surface area (Å²) in [4.78, 5) is 3.78. The van der Waals surface area contributed by atoms with E-state index in [1.54, 1.807) is 12.4 Å². The monoisotopic (exact) mass is 349 g/mol. The fraction of sp³-hybridized carbons (Fsp3) is 0. The Balaban J connectivity index is 0.000000132. The minimum Gasteiger partial charge on any atom is -0.265 e. The first-order valence-corrected chi connectivity index (χ1v) is 5.12. The average Bonchev–Trinajstić information content (AvgIpc) is 2.22. The van der Waals surface area contributed by atoms with Crippen LogP contribution in [0.4, 0.5) is 0 Å². The minimum atomic E-state index is 1.32. The van der Waals surface area contributed by atoms with E-state index in [1.165, 1.54) is 4.08 Å². The zero-order valence-corrected chi connectivity index (χ0v) is 9.45. The van der Waals surface area contributed by atoms with E-state index in [-0.39, 0.29) is 0 Å². The molecule has 0 saturated heterocycles. The predicted octanol–water partition coefficient (Wildman–Crippen LogP) is 1.94. The van der Waals surface area contributed by atoms with Crippen LogP contribution in [0.15, 0.2) is 60.9 Å². The van der Waals surface area contributed by atoms with Gasteiger partial charge in [0.2, 0.25) is 0 Å². The third kappa shape index (κ3) is 5.29. The number of nitrogens with zero attached hydrogens (tertiary/aromatic N) is 1. The van der Waals surface area contributed by atoms with Crippen LogP contribution in [0, 0.1) is 0 Å². The van der Waals surface area contributed by atoms with Gasteiger partial charge in [-0.25, -0.2) is 0 Å². The number of hydrogen-bond acceptors (Lipinski definition) is 1. The summed E-state index contributed by atoms with van der Waals surface area (Å²) in [6, 6.07) is 16.0. The van der Waals surface area contributed by atoms with Crippen LogP contribution in [-0.2, 0) is 18.9 Å². The van der Waals surface area contributed by atoms with Crippen molar-refractivity contribution in [3.63, 3.8) is 0 Å². The first-order chi connectivity index (χ1) is 6.39. The largest absolute Gasteiger partial charge is 0.265 e. The van der Waals surface area contributed by atoms with Crippen molar-refractivity contribution >= 4 is 4.08 Å². The van der Waals surface area contributed by atoms with Crippen molar-refractivity contribution in [2.24, 2.45) is 0 Å². The van der Waals surface area contributed by atoms with E-state index in [1.807, 2.05) is 36.4 Å². The Morgan fingerprint density at radius 1 is 0.769 bits per heavy atom. The van der Waals surface area contributed by atoms with Crippen LogP contribution < -0.4 is 4.08 Å². The second-order valence-electron chi connectivity index (χ2n) is 2.29. The number of benzene rings is 1. The maximum Gasteiger partial charge on any atom is 0.0267 e. The molecule has 68 valence electrons. The summed E-state index contributed by atoms with van der Waals surface area (Å²) < 4.78 is 1.32. The minimum absolute atomic E-state index is 1.32. The maximum absolute atomic E-state index is 3.78. The van der Waals surface area contributed by atoms with Crippen molar-refractivity contribution < 1.29 is 18.9 Å². The molecule has 0 unspecified atom stereocenters. The zero-order chi connectivity index (χ0) is 9.36. The molecule has 13 heavy (non-hydrogen) atoms. The SMILES string of the molecule is [Ir][c]1ccccc1.c1ccncc1. The van der Waals surface area contributed by atoms with E-state index in [0.29, 0.717) is 0 Å². The molecule has 0 aliphatic heterocycles. The summed E-state index contributed by atoms with van der Waals surface area (Å²) in [6.07, 6.45) is 3.50. The second-order valence-corrected chi connectivity index (χ2v) is 3.68. The maximum atomic E-state index is 3.78. The van der Waals surface area contributed by atoms with E-state index in [9.17, 15) is 0 Å². The fourth-order valence-corrected chi connectivity index (χ4v) is 1.18. The normalized spacial score (nSPS) is 8.46. The van der Waals surface area contributed by atoms with Gasteiger partial charge in [0.05, 0.1) is 0 Å². The van der Waals surface area contributed by atoms with Gasteiger partial charge >= 0.3 is 53.3 Å². The quantitative estimate of drug-likeness (QED) is 0.709. The number of aromatic nitrogens is 1. The van der Waals surface area contributed by atoms with Gasteiger partial charge in [-0.1, -0.05) is 6.07 Å². The van der Waals surface area contributed by atoms with Gasteiger partial charge in [-0.15, -0.1) is 0 Å². The summed E-state index contributed by atoms with van der Waals surface area (Å²) in [5.41, 5.74) is 0. The van der Waals surface area contributed by atoms with Crippen LogP contribution in [-0.4, -0.2) is 4.98 Å². The van der Waals surface area contributed by atoms with Crippen LogP contribution in [0.5, 0.6) is 0 Å². The molecule has 1 aromatic carbocycles. The Morgan fingerprint density at radius 2 is 1.31 bits per heavy atom. The van der Waals surface area contributed by atoms with Crippen molar-refractivity contribution in [2.45, 2.75) is 0 Å². The molecule has 2 aromatic rings. The molecule has 0 bridgehead atoms. The number of pyridine rings is 1. The van der Waals surface area contributed by atoms with Gasteiger partial charge in [-0.3, -0.25) is 4.98 Å². The average molecular weight is 348 g/mol. The molecular formula is C11H10IrN. The smallest absolute Gasteiger partial charge is 0.0267 e. The number of rotatable bonds is 0. The first-order valence-electron chi connectivity index (χ1n) is 3.93. The standard InChI is InChI=1S/C6H5.C5H5N.Ir/c2*1-2-4-6-5-3-1;/h2*1-5H;. The topological polar surface area (TPSA) is 12.9 Å². The van der Waals surface area contributed by atoms with Crippen molar-refractivity contribution in [2.75, 3.05) is 0 Å². The van der Waals surface area contributed by atoms with E-state index in [0.717, 1.165) is 0 Å². The summed E-state index contributed by atoms with van der Waals surface area (Å²) >= 11 is 2.08. The van der Waals surface area contributed by atoms with Gasteiger partial charge in [0.1, 0.15) is 0 Å². The molecule has 0 saturated carbocycles. The molecule has 0 amide bonds. The Bertz CT molecular complexity index is 281. The molecule has 1 heterocycles. The molecule has 2 rings (SSSR count). The molecule has 1 nitrogen and oxygen atoms in total. The molecule has 0 fully saturated rings. The van der Waals surface area contributed by atoms with Crippen LogP contribution in [0.3, 0.4) is 0 Å². The first kappa shape index (κ1) is 10.1. The van der Waals surface area contributed by atoms with Gasteiger partial charge in [-0.05, 0) is 12.1 Å². The molecule has 0 N–H and O–H groups in total. The summed E-state index contributed by atoms with van der Waals surface area (Å²) in [6.45, 7) is 0. The van der Waals surface area contributed by atoms with E-state index in [2.05, 4.69) is 36.0 Å². The van der Waals surface area contributed by atoms with Crippen molar-refractivity contribution in [1.82, 2.24) is 4.98 Å². The van der Waals surface area contributed by atoms with E-state index >= 15 is 0 Å². The second kappa shape index (κ2) is 6.53. The molecule has 1 aromatic heterocycles. The molecule has 0 atom stereocenters. The predicted molar refractivity (Wildman–Crippen MR) is 50.3 cm³/mol. The van der Waals surface area contributed by atoms with Crippen molar-refractivity contribution in [3.05, 3.63) is 60.9 Å². The van der Waals surface area contributed by atoms with Gasteiger partial charge in [0.15, 0.2) is 0 Å². The van der Waals surface area contributed by atoms with E-state index < -0.39 is 0 Å². The molecule has 0 radical (unpaired) electrons. The van der Waals surface area contributed by atoms with E-state index in [4.69, 9.17) is 0 Å². The van der Waals surface area contributed by atoms with Crippen LogP contribution in [0.25, 0.3) is 0 Å². The Hall–Kier alpha value is -0.981. The van der Waals surface area contributed by atoms with Crippen LogP contribution >= 0.6 is 0 Å². The third-order valence-corrected chi connectivity index (χ3v) is 2.08. The van der Waals surface area contributed by atoms with Gasteiger partial charge in [0, 0.05) is 12.4 Å². The van der Waals surface area contributed by atoms with Crippen LogP contribution in [0.1, 0.15) is 0 Å². The Kier molecular flexibility index (Phi) is 5.07. The summed E-state index contributed by atoms with van der Waals surface area (Å²) in [5.74, 6) is 0. The Labute approximate surface area is 89.0 Å². The fourth-order valence-electron chi connectivity index (χ4n) is 0.719. The molecular weight excluding hydrogens is 338 g/mol. The molecule has 0 spiro atoms. The van der Waals surface area contributed by atoms with Crippen LogP contribution in [0.2, 0.25) is 0 Å². The molecule has 0 aliphatic carbocycles. The van der Waals surface area contributed by atoms with Gasteiger partial charge < -0.3 is 0 Å². The Morgan fingerprint density at radius 3 is 1.54 bits per heavy atom. The van der Waals surface area contributed by atoms with Gasteiger partial charge in [-0.2, -0.15) is 0 Å². The number of hydrogen-bond donors (Lipinski definition) is 0. The summed E-state index contributed by atoms with van der Waals surface area (Å²) in [7, 11) is 0. The van der Waals surface area contributed by atoms with Crippen molar-refractivity contribution in [1.29, 1.82) is 0 Å². The zero-order valence-electron chi connectivity index (χ0n) is 7.05. The van der Waals surface area contributed by atoms with Crippen molar-refractivity contribution in [3.8, 4) is 0 Å². The third-order valence-electron chi connectivity index (χ3n) is 1.28. The summed E-state index contributed by atoms with van der Waals surface area (Å²) in [5, 5.41) is 0. The molecule has 0 aliphatic rings.